The fourth-order valence-corrected chi connectivity index (χ4v) is 2.37. The van der Waals surface area contributed by atoms with Crippen molar-refractivity contribution >= 4 is 5.97 Å². The van der Waals surface area contributed by atoms with E-state index in [1.165, 1.54) is 10.6 Å². The van der Waals surface area contributed by atoms with Crippen molar-refractivity contribution < 1.29 is 14.6 Å². The average molecular weight is 301 g/mol. The van der Waals surface area contributed by atoms with Gasteiger partial charge in [-0.3, -0.25) is 4.79 Å². The van der Waals surface area contributed by atoms with E-state index in [9.17, 15) is 9.59 Å². The number of aromatic nitrogens is 1. The summed E-state index contributed by atoms with van der Waals surface area (Å²) < 4.78 is 6.86. The second-order valence-electron chi connectivity index (χ2n) is 4.95. The van der Waals surface area contributed by atoms with Crippen LogP contribution in [0.4, 0.5) is 0 Å². The minimum atomic E-state index is -1.21. The Morgan fingerprint density at radius 1 is 1.23 bits per heavy atom. The number of carboxylic acids is 1. The van der Waals surface area contributed by atoms with E-state index in [1.54, 1.807) is 13.2 Å². The number of ether oxygens (including phenoxy) is 1. The van der Waals surface area contributed by atoms with Crippen LogP contribution in [0.3, 0.4) is 0 Å². The van der Waals surface area contributed by atoms with Gasteiger partial charge in [-0.05, 0) is 30.7 Å². The first-order chi connectivity index (χ1) is 10.6. The Hall–Kier alpha value is -2.56. The van der Waals surface area contributed by atoms with Crippen LogP contribution in [0, 0.1) is 0 Å². The molecule has 0 saturated heterocycles. The van der Waals surface area contributed by atoms with Gasteiger partial charge in [0.15, 0.2) is 0 Å². The van der Waals surface area contributed by atoms with Crippen LogP contribution in [-0.4, -0.2) is 22.8 Å². The molecule has 0 aliphatic heterocycles. The van der Waals surface area contributed by atoms with Gasteiger partial charge in [0.2, 0.25) is 0 Å². The molecule has 5 nitrogen and oxygen atoms in total. The van der Waals surface area contributed by atoms with E-state index in [2.05, 4.69) is 0 Å². The third-order valence-corrected chi connectivity index (χ3v) is 3.52. The summed E-state index contributed by atoms with van der Waals surface area (Å²) >= 11 is 0. The van der Waals surface area contributed by atoms with E-state index in [0.717, 1.165) is 18.4 Å². The lowest BCUT2D eigenvalue weighted by Crippen LogP contribution is -2.27. The lowest BCUT2D eigenvalue weighted by Gasteiger charge is -2.15. The zero-order valence-electron chi connectivity index (χ0n) is 12.7. The first kappa shape index (κ1) is 15.8. The maximum absolute atomic E-state index is 12.5. The smallest absolute Gasteiger partial charge is 0.341 e. The SMILES string of the molecule is CCCCn1c(-c2ccccc2OC)ccc(C(=O)O)c1=O. The number of para-hydroxylation sites is 1. The molecule has 0 atom stereocenters. The van der Waals surface area contributed by atoms with Crippen molar-refractivity contribution in [1.29, 1.82) is 0 Å². The van der Waals surface area contributed by atoms with Crippen molar-refractivity contribution in [2.75, 3.05) is 7.11 Å². The topological polar surface area (TPSA) is 68.5 Å². The Bertz CT molecular complexity index is 734. The molecule has 0 aliphatic rings. The highest BCUT2D eigenvalue weighted by Crippen LogP contribution is 2.29. The number of pyridine rings is 1. The molecule has 116 valence electrons. The second kappa shape index (κ2) is 6.93. The molecule has 2 aromatic rings. The summed E-state index contributed by atoms with van der Waals surface area (Å²) in [5.41, 5.74) is 0.746. The lowest BCUT2D eigenvalue weighted by atomic mass is 10.1. The molecule has 0 amide bonds. The lowest BCUT2D eigenvalue weighted by molar-refractivity contribution is 0.0694. The van der Waals surface area contributed by atoms with Crippen molar-refractivity contribution in [1.82, 2.24) is 4.57 Å². The maximum Gasteiger partial charge on any atom is 0.341 e. The molecular formula is C17H19NO4. The highest BCUT2D eigenvalue weighted by molar-refractivity contribution is 5.87. The number of carbonyl (C=O) groups is 1. The van der Waals surface area contributed by atoms with E-state index in [4.69, 9.17) is 9.84 Å². The average Bonchev–Trinajstić information content (AvgIpc) is 2.53. The number of nitrogens with zero attached hydrogens (tertiary/aromatic N) is 1. The zero-order valence-corrected chi connectivity index (χ0v) is 12.7. The van der Waals surface area contributed by atoms with Gasteiger partial charge in [-0.25, -0.2) is 4.79 Å². The van der Waals surface area contributed by atoms with Crippen molar-refractivity contribution in [3.8, 4) is 17.0 Å². The molecule has 22 heavy (non-hydrogen) atoms. The standard InChI is InChI=1S/C17H19NO4/c1-3-4-11-18-14(10-9-13(16(18)19)17(20)21)12-7-5-6-8-15(12)22-2/h5-10H,3-4,11H2,1-2H3,(H,20,21). The molecule has 1 aromatic carbocycles. The summed E-state index contributed by atoms with van der Waals surface area (Å²) in [5.74, 6) is -0.558. The van der Waals surface area contributed by atoms with E-state index in [1.807, 2.05) is 31.2 Å². The number of unbranched alkanes of at least 4 members (excludes halogenated alkanes) is 1. The molecular weight excluding hydrogens is 282 g/mol. The minimum Gasteiger partial charge on any atom is -0.496 e. The molecule has 5 heteroatoms. The van der Waals surface area contributed by atoms with Crippen molar-refractivity contribution in [3.05, 3.63) is 52.3 Å². The molecule has 2 rings (SSSR count). The molecule has 0 saturated carbocycles. The zero-order chi connectivity index (χ0) is 16.1. The van der Waals surface area contributed by atoms with Crippen molar-refractivity contribution in [2.24, 2.45) is 0 Å². The number of aromatic carboxylic acids is 1. The van der Waals surface area contributed by atoms with Crippen LogP contribution in [0.2, 0.25) is 0 Å². The van der Waals surface area contributed by atoms with Crippen LogP contribution in [0.5, 0.6) is 5.75 Å². The Morgan fingerprint density at radius 3 is 2.59 bits per heavy atom. The predicted molar refractivity (Wildman–Crippen MR) is 84.6 cm³/mol. The van der Waals surface area contributed by atoms with Gasteiger partial charge in [-0.2, -0.15) is 0 Å². The van der Waals surface area contributed by atoms with Crippen LogP contribution in [0.1, 0.15) is 30.1 Å². The third-order valence-electron chi connectivity index (χ3n) is 3.52. The second-order valence-corrected chi connectivity index (χ2v) is 4.95. The number of hydrogen-bond donors (Lipinski definition) is 1. The molecule has 0 fully saturated rings. The third kappa shape index (κ3) is 3.03. The van der Waals surface area contributed by atoms with Crippen molar-refractivity contribution in [3.63, 3.8) is 0 Å². The number of hydrogen-bond acceptors (Lipinski definition) is 3. The fraction of sp³-hybridized carbons (Fsp3) is 0.294. The van der Waals surface area contributed by atoms with E-state index in [0.29, 0.717) is 18.0 Å². The first-order valence-electron chi connectivity index (χ1n) is 7.20. The quantitative estimate of drug-likeness (QED) is 0.890. The van der Waals surface area contributed by atoms with Crippen LogP contribution < -0.4 is 10.3 Å². The van der Waals surface area contributed by atoms with Gasteiger partial charge in [0.05, 0.1) is 12.8 Å². The van der Waals surface area contributed by atoms with Gasteiger partial charge in [0.25, 0.3) is 5.56 Å². The van der Waals surface area contributed by atoms with E-state index in [-0.39, 0.29) is 5.56 Å². The van der Waals surface area contributed by atoms with Gasteiger partial charge >= 0.3 is 5.97 Å². The minimum absolute atomic E-state index is 0.213. The van der Waals surface area contributed by atoms with Crippen molar-refractivity contribution in [2.45, 2.75) is 26.3 Å². The normalized spacial score (nSPS) is 10.5. The highest BCUT2D eigenvalue weighted by Gasteiger charge is 2.16. The molecule has 1 N–H and O–H groups in total. The Labute approximate surface area is 128 Å². The summed E-state index contributed by atoms with van der Waals surface area (Å²) in [4.78, 5) is 23.6. The van der Waals surface area contributed by atoms with Crippen LogP contribution >= 0.6 is 0 Å². The molecule has 0 bridgehead atoms. The number of carboxylic acid groups (broad SMARTS) is 1. The van der Waals surface area contributed by atoms with Gasteiger partial charge in [0.1, 0.15) is 11.3 Å². The first-order valence-corrected chi connectivity index (χ1v) is 7.20. The summed E-state index contributed by atoms with van der Waals surface area (Å²) in [5, 5.41) is 9.14. The predicted octanol–water partition coefficient (Wildman–Crippen LogP) is 3.02. The largest absolute Gasteiger partial charge is 0.496 e. The monoisotopic (exact) mass is 301 g/mol. The number of benzene rings is 1. The van der Waals surface area contributed by atoms with Gasteiger partial charge < -0.3 is 14.4 Å². The highest BCUT2D eigenvalue weighted by atomic mass is 16.5. The van der Waals surface area contributed by atoms with Crippen LogP contribution in [-0.2, 0) is 6.54 Å². The van der Waals surface area contributed by atoms with Crippen LogP contribution in [0.15, 0.2) is 41.2 Å². The van der Waals surface area contributed by atoms with E-state index >= 15 is 0 Å². The summed E-state index contributed by atoms with van der Waals surface area (Å²) in [6.07, 6.45) is 1.71. The van der Waals surface area contributed by atoms with E-state index < -0.39 is 11.5 Å². The van der Waals surface area contributed by atoms with Gasteiger partial charge in [0, 0.05) is 12.1 Å². The number of rotatable bonds is 6. The molecule has 1 aromatic heterocycles. The fourth-order valence-electron chi connectivity index (χ4n) is 2.37. The number of methoxy groups -OCH3 is 1. The Balaban J connectivity index is 2.67. The molecule has 0 radical (unpaired) electrons. The van der Waals surface area contributed by atoms with Gasteiger partial charge in [-0.15, -0.1) is 0 Å². The summed E-state index contributed by atoms with van der Waals surface area (Å²) in [7, 11) is 1.57. The Kier molecular flexibility index (Phi) is 4.99. The summed E-state index contributed by atoms with van der Waals surface area (Å²) in [6.45, 7) is 2.50. The Morgan fingerprint density at radius 2 is 1.95 bits per heavy atom. The molecule has 0 spiro atoms. The van der Waals surface area contributed by atoms with Gasteiger partial charge in [-0.1, -0.05) is 25.5 Å². The molecule has 1 heterocycles. The maximum atomic E-state index is 12.5. The molecule has 0 unspecified atom stereocenters. The molecule has 0 aliphatic carbocycles. The van der Waals surface area contributed by atoms with Crippen LogP contribution in [0.25, 0.3) is 11.3 Å². The summed E-state index contributed by atoms with van der Waals surface area (Å²) in [6, 6.07) is 10.4.